The molecule has 1 aromatic heterocycles. The largest absolute Gasteiger partial charge is 0.310 e. The second kappa shape index (κ2) is 15.6. The molecule has 0 saturated carbocycles. The summed E-state index contributed by atoms with van der Waals surface area (Å²) in [5.41, 5.74) is 21.0. The second-order valence-electron chi connectivity index (χ2n) is 17.5. The fraction of sp³-hybridized carbons (Fsp3) is 0.0312. The van der Waals surface area contributed by atoms with Gasteiger partial charge in [-0.05, 0) is 120 Å². The molecule has 0 amide bonds. The highest BCUT2D eigenvalue weighted by Gasteiger charge is 2.54. The molecule has 1 spiro atoms. The molecule has 0 radical (unpaired) electrons. The van der Waals surface area contributed by atoms with Crippen LogP contribution in [0.1, 0.15) is 44.9 Å². The summed E-state index contributed by atoms with van der Waals surface area (Å²) in [5.74, 6) is 0.101. The van der Waals surface area contributed by atoms with Crippen molar-refractivity contribution in [3.63, 3.8) is 0 Å². The number of benzene rings is 10. The van der Waals surface area contributed by atoms with Crippen molar-refractivity contribution in [3.8, 4) is 43.8 Å². The molecule has 2 atom stereocenters. The minimum Gasteiger partial charge on any atom is -0.310 e. The van der Waals surface area contributed by atoms with Gasteiger partial charge in [0, 0.05) is 32.4 Å². The highest BCUT2D eigenvalue weighted by molar-refractivity contribution is 7.22. The number of nitrogens with zero attached hydrogens (tertiary/aromatic N) is 1. The van der Waals surface area contributed by atoms with Crippen molar-refractivity contribution >= 4 is 38.5 Å². The van der Waals surface area contributed by atoms with Crippen molar-refractivity contribution in [1.82, 2.24) is 0 Å². The summed E-state index contributed by atoms with van der Waals surface area (Å²) >= 11 is 1.94. The van der Waals surface area contributed by atoms with Gasteiger partial charge in [-0.25, -0.2) is 0 Å². The maximum atomic E-state index is 2.52. The third-order valence-electron chi connectivity index (χ3n) is 14.0. The lowest BCUT2D eigenvalue weighted by Gasteiger charge is -2.32. The lowest BCUT2D eigenvalue weighted by atomic mass is 9.69. The van der Waals surface area contributed by atoms with Crippen molar-refractivity contribution in [2.75, 3.05) is 4.90 Å². The van der Waals surface area contributed by atoms with E-state index in [4.69, 9.17) is 0 Å². The Labute approximate surface area is 390 Å². The molecule has 0 fully saturated rings. The fourth-order valence-corrected chi connectivity index (χ4v) is 12.5. The summed E-state index contributed by atoms with van der Waals surface area (Å²) in [6, 6.07) is 94.3. The SMILES string of the molecule is c1ccc(-c2ccc(C(c3ccccc3)c3ccc(-c4ccc5c(c4)C4(c6ccccc6-5)c5cccc(N(c6ccccc6)c6ccccc6)c5-c5sc6ccccc6c54)cc3)cc2)cc1. The molecule has 2 aliphatic carbocycles. The van der Waals surface area contributed by atoms with Gasteiger partial charge in [0.2, 0.25) is 0 Å². The highest BCUT2D eigenvalue weighted by atomic mass is 32.1. The van der Waals surface area contributed by atoms with E-state index in [0.29, 0.717) is 0 Å². The van der Waals surface area contributed by atoms with Gasteiger partial charge in [-0.1, -0.05) is 212 Å². The van der Waals surface area contributed by atoms with Crippen LogP contribution in [0.3, 0.4) is 0 Å². The topological polar surface area (TPSA) is 3.24 Å². The van der Waals surface area contributed by atoms with E-state index in [1.165, 1.54) is 98.5 Å². The molecule has 2 unspecified atom stereocenters. The third kappa shape index (κ3) is 5.92. The van der Waals surface area contributed by atoms with E-state index in [2.05, 4.69) is 260 Å². The predicted molar refractivity (Wildman–Crippen MR) is 278 cm³/mol. The Morgan fingerprint density at radius 3 is 1.55 bits per heavy atom. The van der Waals surface area contributed by atoms with Crippen LogP contribution in [0.25, 0.3) is 53.9 Å². The lowest BCUT2D eigenvalue weighted by molar-refractivity contribution is 0.803. The lowest BCUT2D eigenvalue weighted by Crippen LogP contribution is -2.26. The van der Waals surface area contributed by atoms with Gasteiger partial charge < -0.3 is 4.90 Å². The van der Waals surface area contributed by atoms with Crippen LogP contribution >= 0.6 is 11.3 Å². The number of thiophene rings is 1. The number of hydrogen-bond acceptors (Lipinski definition) is 2. The zero-order valence-corrected chi connectivity index (χ0v) is 37.0. The summed E-state index contributed by atoms with van der Waals surface area (Å²) in [7, 11) is 0. The number of hydrogen-bond donors (Lipinski definition) is 0. The van der Waals surface area contributed by atoms with E-state index in [-0.39, 0.29) is 5.92 Å². The predicted octanol–water partition coefficient (Wildman–Crippen LogP) is 17.2. The van der Waals surface area contributed by atoms with E-state index in [1.54, 1.807) is 0 Å². The van der Waals surface area contributed by atoms with Crippen LogP contribution in [0.4, 0.5) is 17.1 Å². The molecular weight excluding hydrogens is 815 g/mol. The van der Waals surface area contributed by atoms with Crippen LogP contribution in [-0.2, 0) is 5.41 Å². The molecule has 2 heteroatoms. The molecule has 2 aliphatic rings. The van der Waals surface area contributed by atoms with Gasteiger partial charge in [0.1, 0.15) is 0 Å². The Morgan fingerprint density at radius 1 is 0.364 bits per heavy atom. The quantitative estimate of drug-likeness (QED) is 0.138. The van der Waals surface area contributed by atoms with Gasteiger partial charge in [0.25, 0.3) is 0 Å². The maximum Gasteiger partial charge on any atom is 0.0741 e. The van der Waals surface area contributed by atoms with Crippen molar-refractivity contribution in [3.05, 3.63) is 294 Å². The summed E-state index contributed by atoms with van der Waals surface area (Å²) in [6.07, 6.45) is 0. The van der Waals surface area contributed by atoms with Crippen LogP contribution in [0.2, 0.25) is 0 Å². The molecule has 310 valence electrons. The molecule has 13 rings (SSSR count). The van der Waals surface area contributed by atoms with Crippen molar-refractivity contribution in [1.29, 1.82) is 0 Å². The fourth-order valence-electron chi connectivity index (χ4n) is 11.2. The molecule has 1 heterocycles. The molecule has 0 aliphatic heterocycles. The molecule has 0 bridgehead atoms. The smallest absolute Gasteiger partial charge is 0.0741 e. The Hall–Kier alpha value is -8.04. The van der Waals surface area contributed by atoms with E-state index in [0.717, 1.165) is 11.4 Å². The van der Waals surface area contributed by atoms with Crippen LogP contribution in [0, 0.1) is 0 Å². The first kappa shape index (κ1) is 38.4. The Balaban J connectivity index is 0.985. The second-order valence-corrected chi connectivity index (χ2v) is 18.6. The van der Waals surface area contributed by atoms with E-state index >= 15 is 0 Å². The average molecular weight is 858 g/mol. The van der Waals surface area contributed by atoms with Gasteiger partial charge in [0.05, 0.1) is 11.1 Å². The zero-order valence-electron chi connectivity index (χ0n) is 36.2. The summed E-state index contributed by atoms with van der Waals surface area (Å²) in [4.78, 5) is 3.80. The Kier molecular flexibility index (Phi) is 9.08. The number of rotatable bonds is 8. The average Bonchev–Trinajstić information content (AvgIpc) is 4.02. The normalized spacial score (nSPS) is 14.7. The minimum absolute atomic E-state index is 0.101. The number of fused-ring (bicyclic) bond motifs is 12. The highest BCUT2D eigenvalue weighted by Crippen LogP contribution is 2.68. The Bertz CT molecular complexity index is 3520. The molecular formula is C64H43NS. The first-order valence-electron chi connectivity index (χ1n) is 22.9. The minimum atomic E-state index is -0.522. The van der Waals surface area contributed by atoms with Crippen LogP contribution in [0.5, 0.6) is 0 Å². The third-order valence-corrected chi connectivity index (χ3v) is 15.2. The zero-order chi connectivity index (χ0) is 43.6. The molecule has 10 aromatic carbocycles. The summed E-state index contributed by atoms with van der Waals surface area (Å²) < 4.78 is 1.31. The van der Waals surface area contributed by atoms with Crippen molar-refractivity contribution in [2.24, 2.45) is 0 Å². The van der Waals surface area contributed by atoms with Crippen LogP contribution in [-0.4, -0.2) is 0 Å². The molecule has 0 N–H and O–H groups in total. The van der Waals surface area contributed by atoms with Gasteiger partial charge >= 0.3 is 0 Å². The molecule has 0 saturated heterocycles. The van der Waals surface area contributed by atoms with Gasteiger partial charge in [-0.3, -0.25) is 0 Å². The van der Waals surface area contributed by atoms with Gasteiger partial charge in [-0.15, -0.1) is 11.3 Å². The number of para-hydroxylation sites is 2. The van der Waals surface area contributed by atoms with E-state index in [9.17, 15) is 0 Å². The van der Waals surface area contributed by atoms with Crippen LogP contribution in [0.15, 0.2) is 255 Å². The Morgan fingerprint density at radius 2 is 0.864 bits per heavy atom. The van der Waals surface area contributed by atoms with Gasteiger partial charge in [0.15, 0.2) is 0 Å². The maximum absolute atomic E-state index is 2.52. The molecule has 66 heavy (non-hydrogen) atoms. The molecule has 1 nitrogen and oxygen atoms in total. The first-order valence-corrected chi connectivity index (χ1v) is 23.7. The van der Waals surface area contributed by atoms with E-state index in [1.807, 2.05) is 11.3 Å². The van der Waals surface area contributed by atoms with Crippen LogP contribution < -0.4 is 4.90 Å². The van der Waals surface area contributed by atoms with E-state index < -0.39 is 5.41 Å². The monoisotopic (exact) mass is 857 g/mol. The molecule has 11 aromatic rings. The van der Waals surface area contributed by atoms with Crippen molar-refractivity contribution < 1.29 is 0 Å². The van der Waals surface area contributed by atoms with Gasteiger partial charge in [-0.2, -0.15) is 0 Å². The standard InChI is InChI=1S/C64H43NS/c1-5-18-43(19-6-1)44-32-36-47(37-33-44)60(46-20-7-2-8-21-46)48-38-34-45(35-39-48)49-40-41-53-52-26-13-15-28-55(52)64(57(53)42-49)56-29-17-30-58(61(56)63-62(64)54-27-14-16-31-59(54)66-63)65(50-22-9-3-10-23-50)51-24-11-4-12-25-51/h1-42,60H. The summed E-state index contributed by atoms with van der Waals surface area (Å²) in [6.45, 7) is 0. The summed E-state index contributed by atoms with van der Waals surface area (Å²) in [5, 5.41) is 1.33. The number of anilines is 3. The first-order chi connectivity index (χ1) is 32.8. The van der Waals surface area contributed by atoms with Crippen molar-refractivity contribution in [2.45, 2.75) is 11.3 Å².